The van der Waals surface area contributed by atoms with E-state index in [4.69, 9.17) is 5.26 Å². The molecule has 0 radical (unpaired) electrons. The highest BCUT2D eigenvalue weighted by atomic mass is 32.2. The Bertz CT molecular complexity index is 498. The largest absolute Gasteiger partial charge is 0.197 e. The summed E-state index contributed by atoms with van der Waals surface area (Å²) in [5.41, 5.74) is 1.22. The van der Waals surface area contributed by atoms with Crippen molar-refractivity contribution in [3.63, 3.8) is 0 Å². The van der Waals surface area contributed by atoms with Gasteiger partial charge in [0.2, 0.25) is 0 Å². The fourth-order valence-electron chi connectivity index (χ4n) is 1.18. The van der Waals surface area contributed by atoms with Crippen molar-refractivity contribution < 1.29 is 0 Å². The van der Waals surface area contributed by atoms with E-state index in [0.717, 1.165) is 5.69 Å². The van der Waals surface area contributed by atoms with Crippen LogP contribution >= 0.6 is 11.8 Å². The van der Waals surface area contributed by atoms with E-state index >= 15 is 0 Å². The van der Waals surface area contributed by atoms with Crippen molar-refractivity contribution in [2.75, 3.05) is 6.26 Å². The van der Waals surface area contributed by atoms with Gasteiger partial charge in [-0.3, -0.25) is 0 Å². The van der Waals surface area contributed by atoms with Gasteiger partial charge in [-0.25, -0.2) is 0 Å². The summed E-state index contributed by atoms with van der Waals surface area (Å²) in [6, 6.07) is 11.5. The lowest BCUT2D eigenvalue weighted by Gasteiger charge is -1.96. The molecule has 0 fully saturated rings. The fraction of sp³-hybridized carbons (Fsp3) is 0.100. The van der Waals surface area contributed by atoms with E-state index in [9.17, 15) is 0 Å². The molecule has 0 saturated carbocycles. The molecule has 74 valence electrons. The van der Waals surface area contributed by atoms with Gasteiger partial charge in [0.15, 0.2) is 10.7 Å². The van der Waals surface area contributed by atoms with Gasteiger partial charge < -0.3 is 0 Å². The predicted molar refractivity (Wildman–Crippen MR) is 57.9 cm³/mol. The molecule has 15 heavy (non-hydrogen) atoms. The molecule has 2 rings (SSSR count). The van der Waals surface area contributed by atoms with Crippen LogP contribution in [0.3, 0.4) is 0 Å². The molecule has 0 atom stereocenters. The summed E-state index contributed by atoms with van der Waals surface area (Å²) in [5.74, 6) is 0. The average molecular weight is 216 g/mol. The van der Waals surface area contributed by atoms with Crippen LogP contribution in [0.25, 0.3) is 5.69 Å². The maximum absolute atomic E-state index is 8.83. The first-order valence-corrected chi connectivity index (χ1v) is 5.54. The fourth-order valence-corrected chi connectivity index (χ4v) is 1.62. The van der Waals surface area contributed by atoms with Gasteiger partial charge in [-0.1, -0.05) is 18.2 Å². The second kappa shape index (κ2) is 4.15. The molecule has 0 saturated heterocycles. The quantitative estimate of drug-likeness (QED) is 0.719. The van der Waals surface area contributed by atoms with E-state index in [1.54, 1.807) is 0 Å². The molecule has 1 aromatic carbocycles. The number of rotatable bonds is 2. The van der Waals surface area contributed by atoms with E-state index < -0.39 is 0 Å². The summed E-state index contributed by atoms with van der Waals surface area (Å²) in [7, 11) is 0. The SMILES string of the molecule is CSc1nn(-c2ccccc2)nc1C#N. The van der Waals surface area contributed by atoms with Crippen molar-refractivity contribution in [3.8, 4) is 11.8 Å². The van der Waals surface area contributed by atoms with Gasteiger partial charge in [-0.2, -0.15) is 5.26 Å². The van der Waals surface area contributed by atoms with Crippen LogP contribution in [-0.4, -0.2) is 21.2 Å². The van der Waals surface area contributed by atoms with Crippen LogP contribution in [0.2, 0.25) is 0 Å². The smallest absolute Gasteiger partial charge is 0.191 e. The standard InChI is InChI=1S/C10H8N4S/c1-15-10-9(7-11)12-14(13-10)8-5-3-2-4-6-8/h2-6H,1H3. The Morgan fingerprint density at radius 2 is 2.00 bits per heavy atom. The van der Waals surface area contributed by atoms with Gasteiger partial charge in [0.1, 0.15) is 6.07 Å². The third-order valence-corrected chi connectivity index (χ3v) is 2.53. The third-order valence-electron chi connectivity index (χ3n) is 1.87. The lowest BCUT2D eigenvalue weighted by Crippen LogP contribution is -1.98. The number of hydrogen-bond donors (Lipinski definition) is 0. The molecule has 0 spiro atoms. The van der Waals surface area contributed by atoms with E-state index in [-0.39, 0.29) is 0 Å². The van der Waals surface area contributed by atoms with Crippen LogP contribution < -0.4 is 0 Å². The van der Waals surface area contributed by atoms with E-state index in [2.05, 4.69) is 10.2 Å². The van der Waals surface area contributed by atoms with Crippen molar-refractivity contribution in [1.82, 2.24) is 15.0 Å². The van der Waals surface area contributed by atoms with E-state index in [1.165, 1.54) is 16.6 Å². The maximum atomic E-state index is 8.83. The van der Waals surface area contributed by atoms with Crippen LogP contribution in [0, 0.1) is 11.3 Å². The van der Waals surface area contributed by atoms with Crippen LogP contribution in [-0.2, 0) is 0 Å². The number of benzene rings is 1. The Kier molecular flexibility index (Phi) is 2.70. The van der Waals surface area contributed by atoms with E-state index in [1.807, 2.05) is 42.7 Å². The van der Waals surface area contributed by atoms with Crippen LogP contribution in [0.1, 0.15) is 5.69 Å². The predicted octanol–water partition coefficient (Wildman–Crippen LogP) is 1.86. The van der Waals surface area contributed by atoms with Gasteiger partial charge in [0, 0.05) is 0 Å². The molecule has 2 aromatic rings. The number of nitrogens with zero attached hydrogens (tertiary/aromatic N) is 4. The molecule has 0 aliphatic rings. The molecule has 0 aliphatic carbocycles. The molecule has 4 nitrogen and oxygen atoms in total. The number of aromatic nitrogens is 3. The topological polar surface area (TPSA) is 54.5 Å². The number of para-hydroxylation sites is 1. The summed E-state index contributed by atoms with van der Waals surface area (Å²) < 4.78 is 0. The summed E-state index contributed by atoms with van der Waals surface area (Å²) in [5, 5.41) is 17.8. The third kappa shape index (κ3) is 1.85. The zero-order valence-electron chi connectivity index (χ0n) is 8.08. The van der Waals surface area contributed by atoms with Crippen molar-refractivity contribution in [1.29, 1.82) is 5.26 Å². The molecule has 0 amide bonds. The molecule has 0 unspecified atom stereocenters. The van der Waals surface area contributed by atoms with E-state index in [0.29, 0.717) is 10.7 Å². The summed E-state index contributed by atoms with van der Waals surface area (Å²) >= 11 is 1.42. The van der Waals surface area contributed by atoms with Crippen molar-refractivity contribution in [2.24, 2.45) is 0 Å². The highest BCUT2D eigenvalue weighted by Crippen LogP contribution is 2.16. The van der Waals surface area contributed by atoms with Crippen molar-refractivity contribution in [3.05, 3.63) is 36.0 Å². The Morgan fingerprint density at radius 3 is 2.53 bits per heavy atom. The molecule has 1 heterocycles. The van der Waals surface area contributed by atoms with Gasteiger partial charge in [-0.15, -0.1) is 26.8 Å². The van der Waals surface area contributed by atoms with Gasteiger partial charge >= 0.3 is 0 Å². The van der Waals surface area contributed by atoms with Crippen LogP contribution in [0.4, 0.5) is 0 Å². The molecule has 0 bridgehead atoms. The Balaban J connectivity index is 2.48. The van der Waals surface area contributed by atoms with Gasteiger partial charge in [-0.05, 0) is 18.4 Å². The number of hydrogen-bond acceptors (Lipinski definition) is 4. The van der Waals surface area contributed by atoms with Gasteiger partial charge in [0.25, 0.3) is 0 Å². The first kappa shape index (κ1) is 9.74. The Labute approximate surface area is 91.5 Å². The molecular formula is C10H8N4S. The van der Waals surface area contributed by atoms with Crippen molar-refractivity contribution in [2.45, 2.75) is 5.03 Å². The monoisotopic (exact) mass is 216 g/mol. The Hall–Kier alpha value is -1.80. The molecule has 0 N–H and O–H groups in total. The minimum atomic E-state index is 0.367. The summed E-state index contributed by atoms with van der Waals surface area (Å²) in [6.45, 7) is 0. The first-order chi connectivity index (χ1) is 7.35. The normalized spacial score (nSPS) is 9.87. The lowest BCUT2D eigenvalue weighted by atomic mass is 10.3. The molecular weight excluding hydrogens is 208 g/mol. The maximum Gasteiger partial charge on any atom is 0.197 e. The second-order valence-electron chi connectivity index (χ2n) is 2.79. The number of nitriles is 1. The zero-order chi connectivity index (χ0) is 10.7. The minimum Gasteiger partial charge on any atom is -0.191 e. The van der Waals surface area contributed by atoms with Gasteiger partial charge in [0.05, 0.1) is 5.69 Å². The van der Waals surface area contributed by atoms with Crippen LogP contribution in [0.15, 0.2) is 35.4 Å². The summed E-state index contributed by atoms with van der Waals surface area (Å²) in [6.07, 6.45) is 1.88. The van der Waals surface area contributed by atoms with Crippen LogP contribution in [0.5, 0.6) is 0 Å². The summed E-state index contributed by atoms with van der Waals surface area (Å²) in [4.78, 5) is 1.48. The highest BCUT2D eigenvalue weighted by Gasteiger charge is 2.09. The molecule has 5 heteroatoms. The molecule has 1 aromatic heterocycles. The lowest BCUT2D eigenvalue weighted by molar-refractivity contribution is 0.734. The Morgan fingerprint density at radius 1 is 1.27 bits per heavy atom. The second-order valence-corrected chi connectivity index (χ2v) is 3.59. The molecule has 0 aliphatic heterocycles. The van der Waals surface area contributed by atoms with Crippen molar-refractivity contribution >= 4 is 11.8 Å². The first-order valence-electron chi connectivity index (χ1n) is 4.32. The highest BCUT2D eigenvalue weighted by molar-refractivity contribution is 7.98. The minimum absolute atomic E-state index is 0.367. The number of thioether (sulfide) groups is 1. The zero-order valence-corrected chi connectivity index (χ0v) is 8.90. The average Bonchev–Trinajstić information content (AvgIpc) is 2.73.